The molecule has 3 N–H and O–H groups in total. The summed E-state index contributed by atoms with van der Waals surface area (Å²) in [7, 11) is 0. The molecule has 0 aliphatic heterocycles. The number of primary amides is 1. The van der Waals surface area contributed by atoms with E-state index in [9.17, 15) is 9.18 Å². The third kappa shape index (κ3) is 3.66. The molecule has 0 bridgehead atoms. The fourth-order valence-electron chi connectivity index (χ4n) is 1.88. The Bertz CT molecular complexity index is 658. The number of rotatable bonds is 4. The minimum atomic E-state index is -0.612. The van der Waals surface area contributed by atoms with E-state index < -0.39 is 5.91 Å². The minimum absolute atomic E-state index is 0.137. The van der Waals surface area contributed by atoms with Crippen LogP contribution in [0.2, 0.25) is 0 Å². The zero-order valence-corrected chi connectivity index (χ0v) is 12.4. The van der Waals surface area contributed by atoms with E-state index in [0.29, 0.717) is 17.8 Å². The van der Waals surface area contributed by atoms with Crippen molar-refractivity contribution in [2.45, 2.75) is 32.9 Å². The van der Waals surface area contributed by atoms with Gasteiger partial charge in [-0.05, 0) is 39.0 Å². The van der Waals surface area contributed by atoms with Crippen LogP contribution >= 0.6 is 0 Å². The lowest BCUT2D eigenvalue weighted by molar-refractivity contribution is 0.0995. The van der Waals surface area contributed by atoms with Crippen molar-refractivity contribution in [1.29, 1.82) is 0 Å². The topological polar surface area (TPSA) is 72.9 Å². The van der Waals surface area contributed by atoms with Gasteiger partial charge in [-0.1, -0.05) is 6.07 Å². The van der Waals surface area contributed by atoms with Crippen molar-refractivity contribution in [2.24, 2.45) is 5.73 Å². The molecule has 2 aromatic rings. The molecule has 0 spiro atoms. The zero-order valence-electron chi connectivity index (χ0n) is 12.4. The van der Waals surface area contributed by atoms with Gasteiger partial charge in [-0.15, -0.1) is 0 Å². The van der Waals surface area contributed by atoms with Gasteiger partial charge < -0.3 is 11.1 Å². The van der Waals surface area contributed by atoms with Gasteiger partial charge >= 0.3 is 0 Å². The van der Waals surface area contributed by atoms with E-state index in [-0.39, 0.29) is 17.1 Å². The molecular formula is C15H19FN4O. The fraction of sp³-hybridized carbons (Fsp3) is 0.333. The van der Waals surface area contributed by atoms with E-state index in [4.69, 9.17) is 5.73 Å². The summed E-state index contributed by atoms with van der Waals surface area (Å²) in [6.07, 6.45) is 1.59. The van der Waals surface area contributed by atoms with Crippen LogP contribution in [0.3, 0.4) is 0 Å². The second kappa shape index (κ2) is 5.65. The third-order valence-corrected chi connectivity index (χ3v) is 2.98. The Morgan fingerprint density at radius 1 is 1.38 bits per heavy atom. The SMILES string of the molecule is CC(C)(C)NCc1c(F)cccc1-n1ccc(C(N)=O)n1. The van der Waals surface area contributed by atoms with Crippen molar-refractivity contribution < 1.29 is 9.18 Å². The van der Waals surface area contributed by atoms with Gasteiger partial charge in [0.25, 0.3) is 5.91 Å². The summed E-state index contributed by atoms with van der Waals surface area (Å²) in [5.41, 5.74) is 6.27. The van der Waals surface area contributed by atoms with Gasteiger partial charge in [0.15, 0.2) is 0 Å². The summed E-state index contributed by atoms with van der Waals surface area (Å²) in [6, 6.07) is 6.27. The number of hydrogen-bond acceptors (Lipinski definition) is 3. The molecule has 1 heterocycles. The van der Waals surface area contributed by atoms with Crippen molar-refractivity contribution in [3.63, 3.8) is 0 Å². The molecule has 2 rings (SSSR count). The average molecular weight is 290 g/mol. The molecule has 21 heavy (non-hydrogen) atoms. The highest BCUT2D eigenvalue weighted by Crippen LogP contribution is 2.19. The van der Waals surface area contributed by atoms with Crippen LogP contribution in [-0.2, 0) is 6.54 Å². The maximum atomic E-state index is 14.1. The Labute approximate surface area is 123 Å². The third-order valence-electron chi connectivity index (χ3n) is 2.98. The molecule has 0 fully saturated rings. The first-order chi connectivity index (χ1) is 9.78. The Hall–Kier alpha value is -2.21. The monoisotopic (exact) mass is 290 g/mol. The predicted molar refractivity (Wildman–Crippen MR) is 78.6 cm³/mol. The molecule has 0 radical (unpaired) electrons. The van der Waals surface area contributed by atoms with Gasteiger partial charge in [0, 0.05) is 23.8 Å². The van der Waals surface area contributed by atoms with Gasteiger partial charge in [0.2, 0.25) is 0 Å². The first kappa shape index (κ1) is 15.2. The summed E-state index contributed by atoms with van der Waals surface area (Å²) < 4.78 is 15.6. The van der Waals surface area contributed by atoms with E-state index >= 15 is 0 Å². The van der Waals surface area contributed by atoms with Crippen molar-refractivity contribution in [1.82, 2.24) is 15.1 Å². The molecule has 6 heteroatoms. The molecule has 112 valence electrons. The standard InChI is InChI=1S/C15H19FN4O/c1-15(2,3)18-9-10-11(16)5-4-6-13(10)20-8-7-12(19-20)14(17)21/h4-8,18H,9H2,1-3H3,(H2,17,21). The molecule has 0 saturated carbocycles. The highest BCUT2D eigenvalue weighted by molar-refractivity contribution is 5.90. The maximum absolute atomic E-state index is 14.1. The Morgan fingerprint density at radius 3 is 2.67 bits per heavy atom. The Kier molecular flexibility index (Phi) is 4.09. The van der Waals surface area contributed by atoms with E-state index in [1.54, 1.807) is 18.3 Å². The first-order valence-electron chi connectivity index (χ1n) is 6.66. The van der Waals surface area contributed by atoms with Crippen molar-refractivity contribution in [2.75, 3.05) is 0 Å². The molecule has 0 atom stereocenters. The molecular weight excluding hydrogens is 271 g/mol. The van der Waals surface area contributed by atoms with Gasteiger partial charge in [0.05, 0.1) is 5.69 Å². The quantitative estimate of drug-likeness (QED) is 0.904. The van der Waals surface area contributed by atoms with Crippen molar-refractivity contribution in [3.05, 3.63) is 47.5 Å². The highest BCUT2D eigenvalue weighted by atomic mass is 19.1. The van der Waals surface area contributed by atoms with Crippen molar-refractivity contribution in [3.8, 4) is 5.69 Å². The number of nitrogens with zero attached hydrogens (tertiary/aromatic N) is 2. The molecule has 0 aliphatic carbocycles. The van der Waals surface area contributed by atoms with Crippen molar-refractivity contribution >= 4 is 5.91 Å². The summed E-state index contributed by atoms with van der Waals surface area (Å²) in [4.78, 5) is 11.1. The number of hydrogen-bond donors (Lipinski definition) is 2. The number of nitrogens with two attached hydrogens (primary N) is 1. The van der Waals surface area contributed by atoms with Gasteiger partial charge in [-0.25, -0.2) is 9.07 Å². The van der Waals surface area contributed by atoms with Crippen LogP contribution < -0.4 is 11.1 Å². The van der Waals surface area contributed by atoms with Crippen LogP contribution in [0.4, 0.5) is 4.39 Å². The number of benzene rings is 1. The van der Waals surface area contributed by atoms with Crippen LogP contribution in [0.15, 0.2) is 30.5 Å². The second-order valence-corrected chi connectivity index (χ2v) is 5.85. The lowest BCUT2D eigenvalue weighted by Crippen LogP contribution is -2.35. The Morgan fingerprint density at radius 2 is 2.10 bits per heavy atom. The lowest BCUT2D eigenvalue weighted by Gasteiger charge is -2.22. The summed E-state index contributed by atoms with van der Waals surface area (Å²) in [6.45, 7) is 6.38. The molecule has 5 nitrogen and oxygen atoms in total. The highest BCUT2D eigenvalue weighted by Gasteiger charge is 2.15. The van der Waals surface area contributed by atoms with Crippen LogP contribution in [0.25, 0.3) is 5.69 Å². The minimum Gasteiger partial charge on any atom is -0.364 e. The largest absolute Gasteiger partial charge is 0.364 e. The number of carbonyl (C=O) groups is 1. The van der Waals surface area contributed by atoms with Crippen LogP contribution in [0.5, 0.6) is 0 Å². The van der Waals surface area contributed by atoms with Gasteiger partial charge in [-0.3, -0.25) is 4.79 Å². The molecule has 0 aliphatic rings. The van der Waals surface area contributed by atoms with Crippen LogP contribution in [-0.4, -0.2) is 21.2 Å². The first-order valence-corrected chi connectivity index (χ1v) is 6.66. The average Bonchev–Trinajstić information content (AvgIpc) is 2.85. The molecule has 0 saturated heterocycles. The number of amides is 1. The lowest BCUT2D eigenvalue weighted by atomic mass is 10.1. The zero-order chi connectivity index (χ0) is 15.6. The molecule has 1 aromatic heterocycles. The van der Waals surface area contributed by atoms with Crippen LogP contribution in [0, 0.1) is 5.82 Å². The summed E-state index contributed by atoms with van der Waals surface area (Å²) in [5, 5.41) is 7.32. The maximum Gasteiger partial charge on any atom is 0.269 e. The smallest absolute Gasteiger partial charge is 0.269 e. The van der Waals surface area contributed by atoms with E-state index in [1.807, 2.05) is 20.8 Å². The Balaban J connectivity index is 2.38. The second-order valence-electron chi connectivity index (χ2n) is 5.85. The van der Waals surface area contributed by atoms with Gasteiger partial charge in [-0.2, -0.15) is 5.10 Å². The molecule has 1 aromatic carbocycles. The number of halogens is 1. The van der Waals surface area contributed by atoms with E-state index in [2.05, 4.69) is 10.4 Å². The molecule has 0 unspecified atom stereocenters. The molecule has 1 amide bonds. The summed E-state index contributed by atoms with van der Waals surface area (Å²) >= 11 is 0. The number of aromatic nitrogens is 2. The number of nitrogens with one attached hydrogen (secondary N) is 1. The summed E-state index contributed by atoms with van der Waals surface area (Å²) in [5.74, 6) is -0.931. The van der Waals surface area contributed by atoms with E-state index in [1.165, 1.54) is 16.8 Å². The van der Waals surface area contributed by atoms with E-state index in [0.717, 1.165) is 0 Å². The predicted octanol–water partition coefficient (Wildman–Crippen LogP) is 2.00. The van der Waals surface area contributed by atoms with Crippen LogP contribution in [0.1, 0.15) is 36.8 Å². The number of carbonyl (C=O) groups excluding carboxylic acids is 1. The van der Waals surface area contributed by atoms with Gasteiger partial charge in [0.1, 0.15) is 11.5 Å². The fourth-order valence-corrected chi connectivity index (χ4v) is 1.88. The normalized spacial score (nSPS) is 11.6.